The van der Waals surface area contributed by atoms with Crippen LogP contribution in [0, 0.1) is 5.92 Å². The van der Waals surface area contributed by atoms with Gasteiger partial charge in [0.2, 0.25) is 5.85 Å². The number of nitrogens with one attached hydrogen (secondary N) is 1. The van der Waals surface area contributed by atoms with Gasteiger partial charge >= 0.3 is 5.69 Å². The Morgan fingerprint density at radius 1 is 1.63 bits per heavy atom. The number of H-pyrrole nitrogens is 1. The van der Waals surface area contributed by atoms with Crippen molar-refractivity contribution in [3.05, 3.63) is 33.1 Å². The maximum atomic E-state index is 14.6. The van der Waals surface area contributed by atoms with Crippen LogP contribution in [-0.2, 0) is 4.74 Å². The van der Waals surface area contributed by atoms with Gasteiger partial charge in [0.1, 0.15) is 0 Å². The molecule has 2 heterocycles. The minimum atomic E-state index is -1.91. The monoisotopic (exact) mass is 402 g/mol. The lowest BCUT2D eigenvalue weighted by molar-refractivity contribution is -0.151. The summed E-state index contributed by atoms with van der Waals surface area (Å²) in [6.45, 7) is 3.26. The van der Waals surface area contributed by atoms with Gasteiger partial charge in [-0.05, 0) is 6.92 Å². The van der Waals surface area contributed by atoms with Crippen LogP contribution in [0.25, 0.3) is 0 Å². The maximum absolute atomic E-state index is 14.6. The molecule has 2 rings (SSSR count). The molecule has 1 N–H and O–H groups in total. The van der Waals surface area contributed by atoms with E-state index in [1.165, 1.54) is 12.3 Å². The van der Waals surface area contributed by atoms with Crippen molar-refractivity contribution in [1.29, 1.82) is 0 Å². The summed E-state index contributed by atoms with van der Waals surface area (Å²) in [5.74, 6) is -2.51. The van der Waals surface area contributed by atoms with Gasteiger partial charge in [0.15, 0.2) is 6.23 Å². The van der Waals surface area contributed by atoms with Crippen LogP contribution in [-0.4, -0.2) is 24.7 Å². The van der Waals surface area contributed by atoms with Crippen LogP contribution in [0.3, 0.4) is 0 Å². The zero-order valence-corrected chi connectivity index (χ0v) is 13.2. The predicted octanol–water partition coefficient (Wildman–Crippen LogP) is 1.80. The molecule has 0 unspecified atom stereocenters. The van der Waals surface area contributed by atoms with Crippen molar-refractivity contribution < 1.29 is 9.13 Å². The first-order chi connectivity index (χ1) is 8.72. The number of halogens is 3. The normalized spacial score (nSPS) is 38.6. The molecular weight excluding hydrogens is 389 g/mol. The number of nitrogens with zero attached hydrogens (tertiary/aromatic N) is 1. The summed E-state index contributed by atoms with van der Waals surface area (Å²) in [5, 5.41) is 0. The zero-order valence-electron chi connectivity index (χ0n) is 10.3. The highest BCUT2D eigenvalue weighted by molar-refractivity contribution is 14.1. The fourth-order valence-corrected chi connectivity index (χ4v) is 3.28. The topological polar surface area (TPSA) is 64.1 Å². The first-order valence-corrected chi connectivity index (χ1v) is 7.56. The predicted molar refractivity (Wildman–Crippen MR) is 77.6 cm³/mol. The van der Waals surface area contributed by atoms with Gasteiger partial charge in [-0.15, -0.1) is 11.6 Å². The molecule has 0 amide bonds. The Morgan fingerprint density at radius 3 is 2.74 bits per heavy atom. The summed E-state index contributed by atoms with van der Waals surface area (Å²) < 4.78 is 21.2. The molecule has 8 heteroatoms. The van der Waals surface area contributed by atoms with Gasteiger partial charge in [0, 0.05) is 18.2 Å². The van der Waals surface area contributed by atoms with Crippen molar-refractivity contribution in [2.24, 2.45) is 5.92 Å². The molecule has 5 nitrogen and oxygen atoms in total. The van der Waals surface area contributed by atoms with Crippen molar-refractivity contribution in [2.75, 3.05) is 4.43 Å². The quantitative estimate of drug-likeness (QED) is 0.606. The highest BCUT2D eigenvalue weighted by Crippen LogP contribution is 2.53. The van der Waals surface area contributed by atoms with Crippen molar-refractivity contribution in [3.63, 3.8) is 0 Å². The molecule has 0 radical (unpaired) electrons. The molecule has 19 heavy (non-hydrogen) atoms. The lowest BCUT2D eigenvalue weighted by Gasteiger charge is -2.27. The number of aromatic nitrogens is 2. The van der Waals surface area contributed by atoms with Gasteiger partial charge in [0.05, 0.1) is 9.30 Å². The largest absolute Gasteiger partial charge is 0.330 e. The van der Waals surface area contributed by atoms with Crippen LogP contribution in [0.2, 0.25) is 0 Å². The molecule has 4 atom stereocenters. The van der Waals surface area contributed by atoms with E-state index < -0.39 is 34.1 Å². The Labute approximate surface area is 127 Å². The van der Waals surface area contributed by atoms with Gasteiger partial charge in [-0.1, -0.05) is 29.5 Å². The highest BCUT2D eigenvalue weighted by atomic mass is 127. The molecule has 1 aliphatic heterocycles. The minimum Gasteiger partial charge on any atom is -0.319 e. The first-order valence-electron chi connectivity index (χ1n) is 5.65. The Kier molecular flexibility index (Phi) is 3.83. The van der Waals surface area contributed by atoms with E-state index in [1.807, 2.05) is 22.6 Å². The third-order valence-corrected chi connectivity index (χ3v) is 5.12. The van der Waals surface area contributed by atoms with Gasteiger partial charge < -0.3 is 4.74 Å². The number of ether oxygens (including phenoxy) is 1. The number of aromatic amines is 1. The molecule has 0 bridgehead atoms. The minimum absolute atomic E-state index is 0.100. The van der Waals surface area contributed by atoms with E-state index in [9.17, 15) is 14.0 Å². The lowest BCUT2D eigenvalue weighted by atomic mass is 9.91. The molecule has 1 aromatic rings. The second kappa shape index (κ2) is 4.85. The second-order valence-electron chi connectivity index (χ2n) is 4.78. The molecule has 106 valence electrons. The zero-order chi connectivity index (χ0) is 14.4. The summed E-state index contributed by atoms with van der Waals surface area (Å²) in [5.41, 5.74) is -1.20. The molecule has 0 spiro atoms. The van der Waals surface area contributed by atoms with Crippen molar-refractivity contribution >= 4 is 34.2 Å². The van der Waals surface area contributed by atoms with Crippen molar-refractivity contribution in [3.8, 4) is 0 Å². The lowest BCUT2D eigenvalue weighted by Crippen LogP contribution is -2.40. The second-order valence-corrected chi connectivity index (χ2v) is 6.36. The molecule has 0 aliphatic carbocycles. The number of alkyl halides is 3. The van der Waals surface area contributed by atoms with Crippen LogP contribution in [0.15, 0.2) is 21.9 Å². The number of rotatable bonds is 2. The van der Waals surface area contributed by atoms with E-state index >= 15 is 0 Å². The van der Waals surface area contributed by atoms with E-state index in [-0.39, 0.29) is 4.43 Å². The van der Waals surface area contributed by atoms with E-state index in [4.69, 9.17) is 16.3 Å². The fourth-order valence-electron chi connectivity index (χ4n) is 2.13. The third-order valence-electron chi connectivity index (χ3n) is 3.57. The fraction of sp³-hybridized carbons (Fsp3) is 0.636. The maximum Gasteiger partial charge on any atom is 0.330 e. The van der Waals surface area contributed by atoms with E-state index in [2.05, 4.69) is 4.98 Å². The smallest absolute Gasteiger partial charge is 0.319 e. The van der Waals surface area contributed by atoms with E-state index in [0.717, 1.165) is 4.57 Å². The Balaban J connectivity index is 2.51. The molecule has 0 aromatic carbocycles. The Morgan fingerprint density at radius 2 is 2.26 bits per heavy atom. The Hall–Kier alpha value is -0.410. The van der Waals surface area contributed by atoms with Crippen LogP contribution < -0.4 is 11.2 Å². The van der Waals surface area contributed by atoms with Gasteiger partial charge in [-0.2, -0.15) is 0 Å². The van der Waals surface area contributed by atoms with Gasteiger partial charge in [-0.3, -0.25) is 14.3 Å². The van der Waals surface area contributed by atoms with Crippen LogP contribution >= 0.6 is 34.2 Å². The summed E-state index contributed by atoms with van der Waals surface area (Å²) in [4.78, 5) is 23.8. The van der Waals surface area contributed by atoms with Gasteiger partial charge in [-0.25, -0.2) is 9.18 Å². The summed E-state index contributed by atoms with van der Waals surface area (Å²) in [7, 11) is 0. The molecule has 1 saturated heterocycles. The standard InChI is InChI=1S/C11H13ClFIN2O3/c1-6-10(2,12)8(19-11(6,13)5-14)16-4-3-7(17)15-9(16)18/h3-4,6,8H,5H2,1-2H3,(H,15,17,18)/t6-,8+,10+,11+/m0/s1. The van der Waals surface area contributed by atoms with Crippen LogP contribution in [0.4, 0.5) is 4.39 Å². The van der Waals surface area contributed by atoms with Crippen LogP contribution in [0.1, 0.15) is 20.1 Å². The SMILES string of the molecule is C[C@H]1[C@@](C)(Cl)[C@H](n2ccc(=O)[nH]c2=O)O[C@]1(F)CI. The van der Waals surface area contributed by atoms with Crippen molar-refractivity contribution in [2.45, 2.75) is 30.8 Å². The number of hydrogen-bond donors (Lipinski definition) is 1. The van der Waals surface area contributed by atoms with Gasteiger partial charge in [0.25, 0.3) is 5.56 Å². The third kappa shape index (κ3) is 2.36. The molecule has 0 saturated carbocycles. The van der Waals surface area contributed by atoms with E-state index in [0.29, 0.717) is 0 Å². The molecule has 1 aliphatic rings. The van der Waals surface area contributed by atoms with Crippen molar-refractivity contribution in [1.82, 2.24) is 9.55 Å². The molecule has 1 aromatic heterocycles. The van der Waals surface area contributed by atoms with E-state index in [1.54, 1.807) is 13.8 Å². The van der Waals surface area contributed by atoms with Crippen LogP contribution in [0.5, 0.6) is 0 Å². The molecular formula is C11H13ClFIN2O3. The highest BCUT2D eigenvalue weighted by Gasteiger charge is 2.60. The summed E-state index contributed by atoms with van der Waals surface area (Å²) >= 11 is 8.25. The number of hydrogen-bond acceptors (Lipinski definition) is 3. The average Bonchev–Trinajstić information content (AvgIpc) is 2.51. The summed E-state index contributed by atoms with van der Waals surface area (Å²) in [6.07, 6.45) is 0.284. The Bertz CT molecular complexity index is 602. The summed E-state index contributed by atoms with van der Waals surface area (Å²) in [6, 6.07) is 1.17. The molecule has 1 fully saturated rings. The average molecular weight is 403 g/mol. The first kappa shape index (κ1) is 15.0.